The summed E-state index contributed by atoms with van der Waals surface area (Å²) in [7, 11) is 0. The van der Waals surface area contributed by atoms with E-state index in [1.807, 2.05) is 24.3 Å². The summed E-state index contributed by atoms with van der Waals surface area (Å²) < 4.78 is 40.1. The Morgan fingerprint density at radius 1 is 1.03 bits per heavy atom. The van der Waals surface area contributed by atoms with Crippen molar-refractivity contribution in [3.05, 3.63) is 53.2 Å². The fraction of sp³-hybridized carbons (Fsp3) is 0.391. The normalized spacial score (nSPS) is 16.0. The van der Waals surface area contributed by atoms with Gasteiger partial charge < -0.3 is 20.9 Å². The number of carbonyl (C=O) groups is 1. The van der Waals surface area contributed by atoms with Crippen LogP contribution < -0.4 is 20.9 Å². The Bertz CT molecular complexity index is 1200. The van der Waals surface area contributed by atoms with E-state index in [0.717, 1.165) is 44.7 Å². The summed E-state index contributed by atoms with van der Waals surface area (Å²) in [4.78, 5) is 22.7. The third-order valence-electron chi connectivity index (χ3n) is 6.16. The molecule has 3 aromatic rings. The minimum Gasteiger partial charge on any atom is -0.369 e. The number of H-pyrrole nitrogens is 1. The lowest BCUT2D eigenvalue weighted by Crippen LogP contribution is -2.43. The molecule has 0 bridgehead atoms. The number of rotatable bonds is 5. The summed E-state index contributed by atoms with van der Waals surface area (Å²) in [6.45, 7) is 3.68. The van der Waals surface area contributed by atoms with Crippen molar-refractivity contribution in [2.45, 2.75) is 31.9 Å². The van der Waals surface area contributed by atoms with Crippen LogP contribution in [-0.2, 0) is 19.0 Å². The molecule has 0 saturated carbocycles. The molecular formula is C23H25F3N8O. The Balaban J connectivity index is 1.34. The number of amides is 1. The highest BCUT2D eigenvalue weighted by atomic mass is 19.4. The SMILES string of the molecule is O=C(Nc1ccc(N2CCNCC2)cc1)c1[nH]ncc1Nc1nc(C(F)(F)F)nc2c1CCCC2. The fourth-order valence-electron chi connectivity index (χ4n) is 4.38. The molecule has 12 heteroatoms. The first-order valence-corrected chi connectivity index (χ1v) is 11.5. The van der Waals surface area contributed by atoms with E-state index in [1.54, 1.807) is 0 Å². The fourth-order valence-corrected chi connectivity index (χ4v) is 4.38. The van der Waals surface area contributed by atoms with Gasteiger partial charge in [0.1, 0.15) is 11.5 Å². The van der Waals surface area contributed by atoms with Gasteiger partial charge in [-0.15, -0.1) is 0 Å². The second-order valence-corrected chi connectivity index (χ2v) is 8.55. The number of aromatic amines is 1. The van der Waals surface area contributed by atoms with Gasteiger partial charge in [-0.1, -0.05) is 0 Å². The average Bonchev–Trinajstić information content (AvgIpc) is 3.33. The topological polar surface area (TPSA) is 111 Å². The molecule has 1 aromatic carbocycles. The molecule has 9 nitrogen and oxygen atoms in total. The van der Waals surface area contributed by atoms with Gasteiger partial charge >= 0.3 is 6.18 Å². The Kier molecular flexibility index (Phi) is 6.29. The molecule has 1 amide bonds. The highest BCUT2D eigenvalue weighted by molar-refractivity contribution is 6.06. The molecule has 0 unspecified atom stereocenters. The Hall–Kier alpha value is -3.67. The molecular weight excluding hydrogens is 461 g/mol. The Labute approximate surface area is 199 Å². The van der Waals surface area contributed by atoms with E-state index in [4.69, 9.17) is 0 Å². The highest BCUT2D eigenvalue weighted by Gasteiger charge is 2.37. The number of fused-ring (bicyclic) bond motifs is 1. The van der Waals surface area contributed by atoms with Crippen molar-refractivity contribution in [1.82, 2.24) is 25.5 Å². The molecule has 2 aliphatic rings. The first kappa shape index (κ1) is 23.1. The molecule has 0 spiro atoms. The van der Waals surface area contributed by atoms with Gasteiger partial charge in [-0.25, -0.2) is 9.97 Å². The van der Waals surface area contributed by atoms with Gasteiger partial charge in [-0.2, -0.15) is 18.3 Å². The van der Waals surface area contributed by atoms with Crippen molar-refractivity contribution in [1.29, 1.82) is 0 Å². The van der Waals surface area contributed by atoms with E-state index in [9.17, 15) is 18.0 Å². The summed E-state index contributed by atoms with van der Waals surface area (Å²) in [5.41, 5.74) is 3.02. The predicted octanol–water partition coefficient (Wildman–Crippen LogP) is 3.50. The number of nitrogens with zero attached hydrogens (tertiary/aromatic N) is 4. The molecule has 1 saturated heterocycles. The Morgan fingerprint density at radius 2 is 1.77 bits per heavy atom. The van der Waals surface area contributed by atoms with Crippen LogP contribution in [0.5, 0.6) is 0 Å². The number of aryl methyl sites for hydroxylation is 1. The van der Waals surface area contributed by atoms with Crippen LogP contribution in [-0.4, -0.2) is 52.3 Å². The molecule has 5 rings (SSSR count). The number of hydrogen-bond donors (Lipinski definition) is 4. The second-order valence-electron chi connectivity index (χ2n) is 8.55. The molecule has 3 heterocycles. The molecule has 0 atom stereocenters. The summed E-state index contributed by atoms with van der Waals surface area (Å²) in [6, 6.07) is 7.52. The van der Waals surface area contributed by atoms with Crippen LogP contribution in [0.25, 0.3) is 0 Å². The van der Waals surface area contributed by atoms with Gasteiger partial charge in [0.05, 0.1) is 11.9 Å². The number of carbonyl (C=O) groups excluding carboxylic acids is 1. The van der Waals surface area contributed by atoms with Gasteiger partial charge in [-0.3, -0.25) is 9.89 Å². The first-order valence-electron chi connectivity index (χ1n) is 11.5. The molecule has 4 N–H and O–H groups in total. The monoisotopic (exact) mass is 486 g/mol. The van der Waals surface area contributed by atoms with Crippen molar-refractivity contribution in [3.63, 3.8) is 0 Å². The van der Waals surface area contributed by atoms with E-state index in [0.29, 0.717) is 29.8 Å². The lowest BCUT2D eigenvalue weighted by molar-refractivity contribution is -0.145. The number of benzene rings is 1. The maximum absolute atomic E-state index is 13.4. The van der Waals surface area contributed by atoms with Crippen LogP contribution in [0.15, 0.2) is 30.5 Å². The number of anilines is 4. The summed E-state index contributed by atoms with van der Waals surface area (Å²) >= 11 is 0. The summed E-state index contributed by atoms with van der Waals surface area (Å²) in [5, 5.41) is 15.5. The lowest BCUT2D eigenvalue weighted by Gasteiger charge is -2.29. The van der Waals surface area contributed by atoms with E-state index in [1.165, 1.54) is 6.20 Å². The third kappa shape index (κ3) is 5.06. The van der Waals surface area contributed by atoms with Gasteiger partial charge in [0, 0.05) is 48.8 Å². The summed E-state index contributed by atoms with van der Waals surface area (Å²) in [6.07, 6.45) is -0.692. The van der Waals surface area contributed by atoms with Gasteiger partial charge in [-0.05, 0) is 49.9 Å². The lowest BCUT2D eigenvalue weighted by atomic mass is 9.96. The largest absolute Gasteiger partial charge is 0.451 e. The molecule has 184 valence electrons. The van der Waals surface area contributed by atoms with Gasteiger partial charge in [0.25, 0.3) is 5.91 Å². The number of aromatic nitrogens is 4. The molecule has 1 aliphatic heterocycles. The van der Waals surface area contributed by atoms with Crippen molar-refractivity contribution in [2.75, 3.05) is 41.7 Å². The first-order chi connectivity index (χ1) is 16.9. The molecule has 35 heavy (non-hydrogen) atoms. The smallest absolute Gasteiger partial charge is 0.369 e. The van der Waals surface area contributed by atoms with Crippen molar-refractivity contribution in [2.24, 2.45) is 0 Å². The van der Waals surface area contributed by atoms with E-state index in [2.05, 4.69) is 41.0 Å². The third-order valence-corrected chi connectivity index (χ3v) is 6.16. The van der Waals surface area contributed by atoms with E-state index >= 15 is 0 Å². The Morgan fingerprint density at radius 3 is 2.51 bits per heavy atom. The minimum absolute atomic E-state index is 0.0536. The predicted molar refractivity (Wildman–Crippen MR) is 125 cm³/mol. The van der Waals surface area contributed by atoms with Crippen LogP contribution in [0.2, 0.25) is 0 Å². The van der Waals surface area contributed by atoms with Crippen LogP contribution in [0.1, 0.15) is 40.4 Å². The quantitative estimate of drug-likeness (QED) is 0.437. The van der Waals surface area contributed by atoms with Gasteiger partial charge in [0.15, 0.2) is 0 Å². The van der Waals surface area contributed by atoms with E-state index < -0.39 is 17.9 Å². The zero-order valence-corrected chi connectivity index (χ0v) is 18.9. The van der Waals surface area contributed by atoms with Crippen molar-refractivity contribution >= 4 is 28.8 Å². The average molecular weight is 487 g/mol. The number of piperazine rings is 1. The maximum atomic E-state index is 13.4. The van der Waals surface area contributed by atoms with Crippen molar-refractivity contribution < 1.29 is 18.0 Å². The highest BCUT2D eigenvalue weighted by Crippen LogP contribution is 2.33. The minimum atomic E-state index is -4.67. The maximum Gasteiger partial charge on any atom is 0.451 e. The van der Waals surface area contributed by atoms with Crippen LogP contribution in [0.3, 0.4) is 0 Å². The zero-order valence-electron chi connectivity index (χ0n) is 18.9. The molecule has 2 aromatic heterocycles. The van der Waals surface area contributed by atoms with Crippen LogP contribution >= 0.6 is 0 Å². The number of halogens is 3. The van der Waals surface area contributed by atoms with E-state index in [-0.39, 0.29) is 17.2 Å². The van der Waals surface area contributed by atoms with Crippen LogP contribution in [0, 0.1) is 0 Å². The number of nitrogens with one attached hydrogen (secondary N) is 4. The number of alkyl halides is 3. The molecule has 1 fully saturated rings. The molecule has 0 radical (unpaired) electrons. The molecule has 1 aliphatic carbocycles. The standard InChI is InChI=1S/C23H25F3N8O/c24-23(25,26)22-31-17-4-2-1-3-16(17)20(32-22)30-18-13-28-33-19(18)21(35)29-14-5-7-15(8-6-14)34-11-9-27-10-12-34/h5-8,13,27H,1-4,9-12H2,(H,28,33)(H,29,35)(H,30,31,32). The van der Waals surface area contributed by atoms with Crippen molar-refractivity contribution in [3.8, 4) is 0 Å². The number of hydrogen-bond acceptors (Lipinski definition) is 7. The summed E-state index contributed by atoms with van der Waals surface area (Å²) in [5.74, 6) is -1.61. The van der Waals surface area contributed by atoms with Crippen LogP contribution in [0.4, 0.5) is 36.1 Å². The van der Waals surface area contributed by atoms with Gasteiger partial charge in [0.2, 0.25) is 5.82 Å². The zero-order chi connectivity index (χ0) is 24.4. The second kappa shape index (κ2) is 9.53.